The molecule has 0 aromatic heterocycles. The summed E-state index contributed by atoms with van der Waals surface area (Å²) < 4.78 is 0.918. The number of benzene rings is 2. The van der Waals surface area contributed by atoms with Crippen LogP contribution in [0.5, 0.6) is 0 Å². The first-order valence-electron chi connectivity index (χ1n) is 6.01. The molecule has 0 saturated carbocycles. The van der Waals surface area contributed by atoms with Gasteiger partial charge in [-0.1, -0.05) is 52.3 Å². The van der Waals surface area contributed by atoms with Crippen molar-refractivity contribution in [3.05, 3.63) is 64.6 Å². The Kier molecular flexibility index (Phi) is 6.71. The molecule has 0 fully saturated rings. The molecule has 1 atom stereocenters. The van der Waals surface area contributed by atoms with Crippen LogP contribution in [0, 0.1) is 0 Å². The minimum atomic E-state index is -0.554. The summed E-state index contributed by atoms with van der Waals surface area (Å²) in [5.41, 5.74) is 7.71. The van der Waals surface area contributed by atoms with Gasteiger partial charge >= 0.3 is 0 Å². The van der Waals surface area contributed by atoms with Crippen molar-refractivity contribution in [2.45, 2.75) is 12.5 Å². The van der Waals surface area contributed by atoms with Crippen LogP contribution in [-0.2, 0) is 11.2 Å². The van der Waals surface area contributed by atoms with Gasteiger partial charge in [0.05, 0.1) is 6.04 Å². The number of carbonyl (C=O) groups excluding carboxylic acids is 1. The van der Waals surface area contributed by atoms with Crippen molar-refractivity contribution in [3.8, 4) is 0 Å². The van der Waals surface area contributed by atoms with E-state index in [0.29, 0.717) is 6.42 Å². The predicted molar refractivity (Wildman–Crippen MR) is 88.1 cm³/mol. The zero-order valence-electron chi connectivity index (χ0n) is 10.8. The normalized spacial score (nSPS) is 11.3. The first-order valence-corrected chi connectivity index (χ1v) is 6.80. The van der Waals surface area contributed by atoms with Gasteiger partial charge in [-0.3, -0.25) is 4.79 Å². The van der Waals surface area contributed by atoms with Crippen molar-refractivity contribution in [1.29, 1.82) is 0 Å². The highest BCUT2D eigenvalue weighted by Crippen LogP contribution is 2.16. The van der Waals surface area contributed by atoms with Gasteiger partial charge in [0.1, 0.15) is 0 Å². The lowest BCUT2D eigenvalue weighted by Gasteiger charge is -2.12. The van der Waals surface area contributed by atoms with Gasteiger partial charge in [-0.05, 0) is 30.2 Å². The fraction of sp³-hybridized carbons (Fsp3) is 0.133. The lowest BCUT2D eigenvalue weighted by molar-refractivity contribution is -0.117. The molecule has 0 aliphatic carbocycles. The average Bonchev–Trinajstić information content (AvgIpc) is 2.40. The largest absolute Gasteiger partial charge is 0.325 e. The summed E-state index contributed by atoms with van der Waals surface area (Å²) in [4.78, 5) is 12.0. The summed E-state index contributed by atoms with van der Waals surface area (Å²) in [6.45, 7) is 0. The molecule has 2 rings (SSSR count). The van der Waals surface area contributed by atoms with Crippen LogP contribution in [0.4, 0.5) is 5.69 Å². The third kappa shape index (κ3) is 4.96. The van der Waals surface area contributed by atoms with Gasteiger partial charge in [0.2, 0.25) is 5.91 Å². The number of rotatable bonds is 4. The number of nitrogens with one attached hydrogen (secondary N) is 1. The van der Waals surface area contributed by atoms with E-state index in [1.165, 1.54) is 0 Å². The van der Waals surface area contributed by atoms with E-state index in [1.54, 1.807) is 0 Å². The number of hydrogen-bond acceptors (Lipinski definition) is 2. The highest BCUT2D eigenvalue weighted by molar-refractivity contribution is 9.10. The van der Waals surface area contributed by atoms with Crippen LogP contribution >= 0.6 is 28.3 Å². The van der Waals surface area contributed by atoms with Crippen LogP contribution in [0.1, 0.15) is 5.56 Å². The molecular formula is C15H16BrClN2O. The molecule has 5 heteroatoms. The minimum absolute atomic E-state index is 0. The van der Waals surface area contributed by atoms with E-state index in [1.807, 2.05) is 54.6 Å². The number of nitrogens with two attached hydrogens (primary N) is 1. The number of anilines is 1. The second kappa shape index (κ2) is 8.04. The van der Waals surface area contributed by atoms with Gasteiger partial charge in [0.25, 0.3) is 0 Å². The van der Waals surface area contributed by atoms with Crippen LogP contribution in [0.25, 0.3) is 0 Å². The molecule has 20 heavy (non-hydrogen) atoms. The third-order valence-corrected chi connectivity index (χ3v) is 3.22. The molecule has 3 nitrogen and oxygen atoms in total. The van der Waals surface area contributed by atoms with Gasteiger partial charge in [-0.25, -0.2) is 0 Å². The molecule has 2 aromatic rings. The van der Waals surface area contributed by atoms with Crippen molar-refractivity contribution < 1.29 is 4.79 Å². The van der Waals surface area contributed by atoms with Crippen LogP contribution in [-0.4, -0.2) is 11.9 Å². The smallest absolute Gasteiger partial charge is 0.241 e. The Morgan fingerprint density at radius 2 is 1.85 bits per heavy atom. The van der Waals surface area contributed by atoms with E-state index in [0.717, 1.165) is 15.7 Å². The summed E-state index contributed by atoms with van der Waals surface area (Å²) in [6, 6.07) is 16.6. The maximum atomic E-state index is 12.0. The predicted octanol–water partition coefficient (Wildman–Crippen LogP) is 3.38. The molecule has 0 radical (unpaired) electrons. The van der Waals surface area contributed by atoms with E-state index < -0.39 is 6.04 Å². The van der Waals surface area contributed by atoms with E-state index >= 15 is 0 Å². The number of amides is 1. The zero-order chi connectivity index (χ0) is 13.7. The summed E-state index contributed by atoms with van der Waals surface area (Å²) in [6.07, 6.45) is 0.528. The van der Waals surface area contributed by atoms with Crippen LogP contribution in [0.3, 0.4) is 0 Å². The lowest BCUT2D eigenvalue weighted by atomic mass is 10.1. The third-order valence-electron chi connectivity index (χ3n) is 2.73. The Labute approximate surface area is 133 Å². The molecular weight excluding hydrogens is 340 g/mol. The fourth-order valence-electron chi connectivity index (χ4n) is 1.76. The highest BCUT2D eigenvalue weighted by Gasteiger charge is 2.14. The Hall–Kier alpha value is -1.36. The number of halogens is 2. The Morgan fingerprint density at radius 3 is 2.50 bits per heavy atom. The molecule has 1 amide bonds. The van der Waals surface area contributed by atoms with Gasteiger partial charge in [-0.2, -0.15) is 0 Å². The molecule has 0 heterocycles. The van der Waals surface area contributed by atoms with Gasteiger partial charge in [-0.15, -0.1) is 12.4 Å². The SMILES string of the molecule is Cl.N[C@@H](Cc1ccccc1)C(=O)Nc1cccc(Br)c1. The van der Waals surface area contributed by atoms with Gasteiger partial charge in [0, 0.05) is 10.2 Å². The van der Waals surface area contributed by atoms with Crippen molar-refractivity contribution in [1.82, 2.24) is 0 Å². The molecule has 0 bridgehead atoms. The standard InChI is InChI=1S/C15H15BrN2O.ClH/c16-12-7-4-8-13(10-12)18-15(19)14(17)9-11-5-2-1-3-6-11;/h1-8,10,14H,9,17H2,(H,18,19);1H/t14-;/m0./s1. The highest BCUT2D eigenvalue weighted by atomic mass is 79.9. The maximum Gasteiger partial charge on any atom is 0.241 e. The molecule has 0 saturated heterocycles. The monoisotopic (exact) mass is 354 g/mol. The summed E-state index contributed by atoms with van der Waals surface area (Å²) in [5, 5.41) is 2.81. The van der Waals surface area contributed by atoms with Crippen LogP contribution in [0.15, 0.2) is 59.1 Å². The van der Waals surface area contributed by atoms with Crippen LogP contribution in [0.2, 0.25) is 0 Å². The van der Waals surface area contributed by atoms with Crippen molar-refractivity contribution >= 4 is 39.9 Å². The second-order valence-corrected chi connectivity index (χ2v) is 5.21. The molecule has 2 aromatic carbocycles. The number of carbonyl (C=O) groups is 1. The van der Waals surface area contributed by atoms with E-state index in [2.05, 4.69) is 21.2 Å². The minimum Gasteiger partial charge on any atom is -0.325 e. The van der Waals surface area contributed by atoms with Gasteiger partial charge < -0.3 is 11.1 Å². The number of hydrogen-bond donors (Lipinski definition) is 2. The summed E-state index contributed by atoms with van der Waals surface area (Å²) in [7, 11) is 0. The quantitative estimate of drug-likeness (QED) is 0.883. The van der Waals surface area contributed by atoms with Gasteiger partial charge in [0.15, 0.2) is 0 Å². The molecule has 0 spiro atoms. The molecule has 0 unspecified atom stereocenters. The fourth-order valence-corrected chi connectivity index (χ4v) is 2.16. The van der Waals surface area contributed by atoms with Crippen LogP contribution < -0.4 is 11.1 Å². The lowest BCUT2D eigenvalue weighted by Crippen LogP contribution is -2.37. The average molecular weight is 356 g/mol. The van der Waals surface area contributed by atoms with E-state index in [-0.39, 0.29) is 18.3 Å². The summed E-state index contributed by atoms with van der Waals surface area (Å²) in [5.74, 6) is -0.179. The first kappa shape index (κ1) is 16.7. The van der Waals surface area contributed by atoms with E-state index in [9.17, 15) is 4.79 Å². The molecule has 0 aliphatic heterocycles. The van der Waals surface area contributed by atoms with Crippen molar-refractivity contribution in [3.63, 3.8) is 0 Å². The molecule has 0 aliphatic rings. The Balaban J connectivity index is 0.00000200. The van der Waals surface area contributed by atoms with Crippen molar-refractivity contribution in [2.75, 3.05) is 5.32 Å². The topological polar surface area (TPSA) is 55.1 Å². The zero-order valence-corrected chi connectivity index (χ0v) is 13.2. The second-order valence-electron chi connectivity index (χ2n) is 4.30. The van der Waals surface area contributed by atoms with E-state index in [4.69, 9.17) is 5.73 Å². The Bertz CT molecular complexity index is 563. The summed E-state index contributed by atoms with van der Waals surface area (Å²) >= 11 is 3.36. The first-order chi connectivity index (χ1) is 9.15. The maximum absolute atomic E-state index is 12.0. The van der Waals surface area contributed by atoms with Crippen molar-refractivity contribution in [2.24, 2.45) is 5.73 Å². The molecule has 106 valence electrons. The molecule has 3 N–H and O–H groups in total. The Morgan fingerprint density at radius 1 is 1.15 bits per heavy atom.